The Kier molecular flexibility index (Phi) is 11.0. The maximum Gasteiger partial charge on any atom is 0.321 e. The molecule has 0 fully saturated rings. The largest absolute Gasteiger partial charge is 0.480 e. The smallest absolute Gasteiger partial charge is 0.321 e. The van der Waals surface area contributed by atoms with Crippen LogP contribution in [0.15, 0.2) is 24.3 Å². The minimum atomic E-state index is -0.945. The number of hydrogen-bond donors (Lipinski definition) is 2. The van der Waals surface area contributed by atoms with Gasteiger partial charge in [-0.3, -0.25) is 4.79 Å². The fourth-order valence-electron chi connectivity index (χ4n) is 1.58. The van der Waals surface area contributed by atoms with Crippen LogP contribution in [-0.2, 0) is 10.5 Å². The van der Waals surface area contributed by atoms with Crippen molar-refractivity contribution in [1.29, 1.82) is 0 Å². The lowest BCUT2D eigenvalue weighted by atomic mass is 10.1. The van der Waals surface area contributed by atoms with Crippen LogP contribution in [0.25, 0.3) is 0 Å². The third-order valence-corrected chi connectivity index (χ3v) is 4.35. The van der Waals surface area contributed by atoms with E-state index in [2.05, 4.69) is 57.0 Å². The molecule has 22 heavy (non-hydrogen) atoms. The molecule has 4 nitrogen and oxygen atoms in total. The topological polar surface area (TPSA) is 66.6 Å². The number of halogens is 2. The summed E-state index contributed by atoms with van der Waals surface area (Å²) in [7, 11) is 2.08. The monoisotopic (exact) mass is 368 g/mol. The molecule has 1 aromatic rings. The van der Waals surface area contributed by atoms with Gasteiger partial charge in [0, 0.05) is 29.8 Å². The summed E-state index contributed by atoms with van der Waals surface area (Å²) >= 11 is 1.54. The predicted octanol–water partition coefficient (Wildman–Crippen LogP) is 3.41. The Bertz CT molecular complexity index is 450. The molecule has 0 aliphatic carbocycles. The van der Waals surface area contributed by atoms with Gasteiger partial charge in [-0.1, -0.05) is 12.1 Å². The van der Waals surface area contributed by atoms with Crippen LogP contribution in [0.3, 0.4) is 0 Å². The molecule has 0 aliphatic rings. The van der Waals surface area contributed by atoms with Crippen molar-refractivity contribution in [3.05, 3.63) is 29.8 Å². The first-order valence-corrected chi connectivity index (χ1v) is 7.76. The summed E-state index contributed by atoms with van der Waals surface area (Å²) in [5, 5.41) is 8.71. The number of carboxylic acid groups (broad SMARTS) is 1. The first kappa shape index (κ1) is 23.6. The van der Waals surface area contributed by atoms with Crippen molar-refractivity contribution >= 4 is 48.2 Å². The second-order valence-corrected chi connectivity index (χ2v) is 6.89. The van der Waals surface area contributed by atoms with Crippen LogP contribution in [-0.4, -0.2) is 35.5 Å². The summed E-state index contributed by atoms with van der Waals surface area (Å²) in [5.41, 5.74) is 7.91. The molecule has 0 unspecified atom stereocenters. The summed E-state index contributed by atoms with van der Waals surface area (Å²) in [6, 6.07) is 7.57. The molecule has 1 aromatic carbocycles. The van der Waals surface area contributed by atoms with Crippen LogP contribution in [0.4, 0.5) is 5.69 Å². The normalized spacial score (nSPS) is 11.9. The van der Waals surface area contributed by atoms with Crippen molar-refractivity contribution in [1.82, 2.24) is 0 Å². The number of hydrogen-bond acceptors (Lipinski definition) is 4. The second kappa shape index (κ2) is 10.2. The summed E-state index contributed by atoms with van der Waals surface area (Å²) in [6.07, 6.45) is 0. The molecule has 0 saturated carbocycles. The van der Waals surface area contributed by atoms with E-state index >= 15 is 0 Å². The van der Waals surface area contributed by atoms with Crippen molar-refractivity contribution in [3.63, 3.8) is 0 Å². The molecule has 0 saturated heterocycles. The molecule has 3 N–H and O–H groups in total. The standard InChI is InChI=1S/C15H24N2O2S.2ClH/c1-15(2,3)17(4)12-7-5-11(6-8-12)9-20-10-13(16)14(18)19;;/h5-8,13H,9-10,16H2,1-4H3,(H,18,19);2*1H/t13-;;/m0../s1. The minimum absolute atomic E-state index is 0. The van der Waals surface area contributed by atoms with Gasteiger partial charge in [0.2, 0.25) is 0 Å². The van der Waals surface area contributed by atoms with E-state index < -0.39 is 12.0 Å². The quantitative estimate of drug-likeness (QED) is 0.804. The molecule has 1 rings (SSSR count). The number of aliphatic carboxylic acids is 1. The van der Waals surface area contributed by atoms with Crippen LogP contribution in [0.5, 0.6) is 0 Å². The van der Waals surface area contributed by atoms with Gasteiger partial charge >= 0.3 is 5.97 Å². The van der Waals surface area contributed by atoms with Gasteiger partial charge in [-0.15, -0.1) is 24.8 Å². The molecular weight excluding hydrogens is 343 g/mol. The van der Waals surface area contributed by atoms with E-state index in [1.165, 1.54) is 11.3 Å². The van der Waals surface area contributed by atoms with Gasteiger partial charge in [-0.2, -0.15) is 11.8 Å². The van der Waals surface area contributed by atoms with E-state index in [0.29, 0.717) is 5.75 Å². The number of carboxylic acids is 1. The number of rotatable bonds is 6. The van der Waals surface area contributed by atoms with Crippen LogP contribution < -0.4 is 10.6 Å². The van der Waals surface area contributed by atoms with E-state index in [0.717, 1.165) is 5.75 Å². The molecule has 0 radical (unpaired) electrons. The predicted molar refractivity (Wildman–Crippen MR) is 101 cm³/mol. The maximum atomic E-state index is 10.6. The Morgan fingerprint density at radius 1 is 1.27 bits per heavy atom. The first-order chi connectivity index (χ1) is 9.21. The molecule has 0 aliphatic heterocycles. The van der Waals surface area contributed by atoms with E-state index in [-0.39, 0.29) is 30.4 Å². The number of thioether (sulfide) groups is 1. The molecule has 0 amide bonds. The van der Waals surface area contributed by atoms with Crippen LogP contribution in [0, 0.1) is 0 Å². The SMILES string of the molecule is CN(c1ccc(CSC[C@H](N)C(=O)O)cc1)C(C)(C)C.Cl.Cl. The average molecular weight is 369 g/mol. The fraction of sp³-hybridized carbons (Fsp3) is 0.533. The van der Waals surface area contributed by atoms with Gasteiger partial charge in [0.05, 0.1) is 0 Å². The molecule has 0 bridgehead atoms. The molecule has 0 aromatic heterocycles. The molecule has 0 spiro atoms. The highest BCUT2D eigenvalue weighted by atomic mass is 35.5. The van der Waals surface area contributed by atoms with Gasteiger partial charge in [0.1, 0.15) is 6.04 Å². The molecule has 7 heteroatoms. The van der Waals surface area contributed by atoms with E-state index in [1.807, 2.05) is 0 Å². The van der Waals surface area contributed by atoms with Crippen molar-refractivity contribution in [2.24, 2.45) is 5.73 Å². The molecule has 1 atom stereocenters. The summed E-state index contributed by atoms with van der Waals surface area (Å²) < 4.78 is 0. The van der Waals surface area contributed by atoms with E-state index in [1.54, 1.807) is 11.8 Å². The van der Waals surface area contributed by atoms with Crippen LogP contribution in [0.2, 0.25) is 0 Å². The second-order valence-electron chi connectivity index (χ2n) is 5.86. The Morgan fingerprint density at radius 2 is 1.77 bits per heavy atom. The Hall–Kier alpha value is -0.620. The highest BCUT2D eigenvalue weighted by Crippen LogP contribution is 2.23. The lowest BCUT2D eigenvalue weighted by Crippen LogP contribution is -2.37. The van der Waals surface area contributed by atoms with Crippen molar-refractivity contribution < 1.29 is 9.90 Å². The summed E-state index contributed by atoms with van der Waals surface area (Å²) in [4.78, 5) is 12.8. The zero-order valence-corrected chi connectivity index (χ0v) is 15.9. The first-order valence-electron chi connectivity index (χ1n) is 6.60. The van der Waals surface area contributed by atoms with Crippen molar-refractivity contribution in [2.45, 2.75) is 38.1 Å². The number of carbonyl (C=O) groups is 1. The fourth-order valence-corrected chi connectivity index (χ4v) is 2.52. The third-order valence-electron chi connectivity index (χ3n) is 3.21. The number of nitrogens with zero attached hydrogens (tertiary/aromatic N) is 1. The highest BCUT2D eigenvalue weighted by Gasteiger charge is 2.17. The molecule has 128 valence electrons. The van der Waals surface area contributed by atoms with Crippen LogP contribution >= 0.6 is 36.6 Å². The minimum Gasteiger partial charge on any atom is -0.480 e. The zero-order valence-electron chi connectivity index (χ0n) is 13.4. The van der Waals surface area contributed by atoms with Crippen LogP contribution in [0.1, 0.15) is 26.3 Å². The van der Waals surface area contributed by atoms with Gasteiger partial charge in [-0.25, -0.2) is 0 Å². The number of nitrogens with two attached hydrogens (primary N) is 1. The third kappa shape index (κ3) is 7.58. The van der Waals surface area contributed by atoms with Crippen molar-refractivity contribution in [2.75, 3.05) is 17.7 Å². The van der Waals surface area contributed by atoms with Gasteiger partial charge < -0.3 is 15.7 Å². The summed E-state index contributed by atoms with van der Waals surface area (Å²) in [6.45, 7) is 6.51. The molecule has 0 heterocycles. The Balaban J connectivity index is 0. The highest BCUT2D eigenvalue weighted by molar-refractivity contribution is 7.98. The lowest BCUT2D eigenvalue weighted by molar-refractivity contribution is -0.137. The maximum absolute atomic E-state index is 10.6. The Labute approximate surface area is 149 Å². The Morgan fingerprint density at radius 3 is 2.18 bits per heavy atom. The molecular formula is C15H26Cl2N2O2S. The number of anilines is 1. The average Bonchev–Trinajstić information content (AvgIpc) is 2.37. The van der Waals surface area contributed by atoms with Gasteiger partial charge in [0.15, 0.2) is 0 Å². The van der Waals surface area contributed by atoms with E-state index in [9.17, 15) is 4.79 Å². The van der Waals surface area contributed by atoms with Crippen molar-refractivity contribution in [3.8, 4) is 0 Å². The number of benzene rings is 1. The lowest BCUT2D eigenvalue weighted by Gasteiger charge is -2.34. The zero-order chi connectivity index (χ0) is 15.3. The summed E-state index contributed by atoms with van der Waals surface area (Å²) in [5.74, 6) is 0.263. The van der Waals surface area contributed by atoms with E-state index in [4.69, 9.17) is 10.8 Å². The van der Waals surface area contributed by atoms with Gasteiger partial charge in [-0.05, 0) is 38.5 Å². The van der Waals surface area contributed by atoms with Gasteiger partial charge in [0.25, 0.3) is 0 Å².